The number of rotatable bonds is 37. The molecule has 0 aliphatic rings. The standard InChI is InChI=1S/C50H84FN3O2/c1-5-9-13-17-21-25-29-39-52(40-30-26-22-18-14-10-6-2)49-38-36-46(34-33-45-35-37-48(54(55)56)47(51)43-45)44-50(49)53(41-31-27-23-19-15-11-7-3)42-32-28-24-20-16-12-8-4/h33-38,43-44H,5-32,39-42H2,1-4H3. The lowest BCUT2D eigenvalue weighted by atomic mass is 10.0. The van der Waals surface area contributed by atoms with Crippen LogP contribution in [-0.4, -0.2) is 31.1 Å². The van der Waals surface area contributed by atoms with E-state index in [1.807, 2.05) is 12.2 Å². The molecule has 0 spiro atoms. The summed E-state index contributed by atoms with van der Waals surface area (Å²) in [5, 5.41) is 11.2. The Morgan fingerprint density at radius 1 is 0.464 bits per heavy atom. The van der Waals surface area contributed by atoms with Gasteiger partial charge >= 0.3 is 5.69 Å². The zero-order valence-corrected chi connectivity index (χ0v) is 36.8. The van der Waals surface area contributed by atoms with Crippen molar-refractivity contribution >= 4 is 29.2 Å². The Morgan fingerprint density at radius 2 is 0.786 bits per heavy atom. The molecule has 2 rings (SSSR count). The summed E-state index contributed by atoms with van der Waals surface area (Å²) < 4.78 is 14.5. The molecule has 318 valence electrons. The Morgan fingerprint density at radius 3 is 1.14 bits per heavy atom. The van der Waals surface area contributed by atoms with Gasteiger partial charge in [0.2, 0.25) is 5.82 Å². The quantitative estimate of drug-likeness (QED) is 0.0297. The first-order valence-corrected chi connectivity index (χ1v) is 23.7. The number of nitrogens with zero attached hydrogens (tertiary/aromatic N) is 3. The van der Waals surface area contributed by atoms with E-state index in [-0.39, 0.29) is 0 Å². The summed E-state index contributed by atoms with van der Waals surface area (Å²) in [6.45, 7) is 13.5. The van der Waals surface area contributed by atoms with E-state index in [1.54, 1.807) is 6.07 Å². The Hall–Kier alpha value is -2.89. The second-order valence-electron chi connectivity index (χ2n) is 16.5. The molecule has 0 saturated heterocycles. The normalized spacial score (nSPS) is 11.5. The van der Waals surface area contributed by atoms with Crippen molar-refractivity contribution in [2.45, 2.75) is 207 Å². The summed E-state index contributed by atoms with van der Waals surface area (Å²) in [5.41, 5.74) is 3.93. The number of hydrogen-bond donors (Lipinski definition) is 0. The van der Waals surface area contributed by atoms with E-state index >= 15 is 0 Å². The van der Waals surface area contributed by atoms with Gasteiger partial charge in [-0.2, -0.15) is 4.39 Å². The van der Waals surface area contributed by atoms with Crippen LogP contribution in [0.3, 0.4) is 0 Å². The molecular formula is C50H84FN3O2. The van der Waals surface area contributed by atoms with Gasteiger partial charge in [0.1, 0.15) is 0 Å². The molecule has 0 aliphatic carbocycles. The highest BCUT2D eigenvalue weighted by molar-refractivity contribution is 5.78. The Bertz CT molecular complexity index is 1260. The molecule has 2 aromatic carbocycles. The van der Waals surface area contributed by atoms with Crippen molar-refractivity contribution in [3.63, 3.8) is 0 Å². The Balaban J connectivity index is 2.43. The zero-order valence-electron chi connectivity index (χ0n) is 36.8. The van der Waals surface area contributed by atoms with Crippen LogP contribution in [0.2, 0.25) is 0 Å². The molecule has 2 aromatic rings. The zero-order chi connectivity index (χ0) is 40.5. The van der Waals surface area contributed by atoms with Crippen LogP contribution in [0.1, 0.15) is 219 Å². The van der Waals surface area contributed by atoms with E-state index in [1.165, 1.54) is 203 Å². The van der Waals surface area contributed by atoms with Gasteiger partial charge < -0.3 is 9.80 Å². The highest BCUT2D eigenvalue weighted by Gasteiger charge is 2.18. The van der Waals surface area contributed by atoms with E-state index < -0.39 is 16.4 Å². The lowest BCUT2D eigenvalue weighted by Crippen LogP contribution is -2.31. The van der Waals surface area contributed by atoms with Crippen LogP contribution in [-0.2, 0) is 0 Å². The van der Waals surface area contributed by atoms with Gasteiger partial charge in [-0.15, -0.1) is 0 Å². The summed E-state index contributed by atoms with van der Waals surface area (Å²) in [4.78, 5) is 16.0. The number of unbranched alkanes of at least 4 members (excludes halogenated alkanes) is 24. The second kappa shape index (κ2) is 33.1. The first-order chi connectivity index (χ1) is 27.4. The summed E-state index contributed by atoms with van der Waals surface area (Å²) in [6, 6.07) is 11.1. The van der Waals surface area contributed by atoms with Crippen molar-refractivity contribution in [3.8, 4) is 0 Å². The smallest absolute Gasteiger partial charge is 0.304 e. The molecule has 0 unspecified atom stereocenters. The SMILES string of the molecule is CCCCCCCCCN(CCCCCCCCC)c1ccc(C=Cc2ccc([N+](=O)[O-])c(F)c2)cc1N(CCCCCCCCC)CCCCCCCCC. The number of anilines is 2. The molecular weight excluding hydrogens is 694 g/mol. The summed E-state index contributed by atoms with van der Waals surface area (Å²) in [6.07, 6.45) is 40.5. The maximum Gasteiger partial charge on any atom is 0.304 e. The van der Waals surface area contributed by atoms with Crippen molar-refractivity contribution in [1.29, 1.82) is 0 Å². The van der Waals surface area contributed by atoms with Gasteiger partial charge in [0.25, 0.3) is 0 Å². The Labute approximate surface area is 344 Å². The number of nitro groups is 1. The van der Waals surface area contributed by atoms with E-state index in [0.29, 0.717) is 5.56 Å². The second-order valence-corrected chi connectivity index (χ2v) is 16.5. The molecule has 6 heteroatoms. The number of halogens is 1. The molecule has 0 N–H and O–H groups in total. The number of benzene rings is 2. The molecule has 0 amide bonds. The average Bonchev–Trinajstić information content (AvgIpc) is 3.20. The molecule has 0 radical (unpaired) electrons. The van der Waals surface area contributed by atoms with Crippen LogP contribution in [0.15, 0.2) is 36.4 Å². The molecule has 0 atom stereocenters. The third-order valence-electron chi connectivity index (χ3n) is 11.4. The van der Waals surface area contributed by atoms with E-state index in [2.05, 4.69) is 55.7 Å². The fourth-order valence-corrected chi connectivity index (χ4v) is 7.88. The van der Waals surface area contributed by atoms with E-state index in [9.17, 15) is 14.5 Å². The van der Waals surface area contributed by atoms with Crippen LogP contribution in [0.5, 0.6) is 0 Å². The fraction of sp³-hybridized carbons (Fsp3) is 0.720. The number of nitro benzene ring substituents is 1. The monoisotopic (exact) mass is 778 g/mol. The molecule has 5 nitrogen and oxygen atoms in total. The number of hydrogen-bond acceptors (Lipinski definition) is 4. The maximum absolute atomic E-state index is 14.5. The molecule has 0 bridgehead atoms. The van der Waals surface area contributed by atoms with Crippen LogP contribution >= 0.6 is 0 Å². The van der Waals surface area contributed by atoms with Gasteiger partial charge in [0.15, 0.2) is 0 Å². The van der Waals surface area contributed by atoms with Gasteiger partial charge in [-0.3, -0.25) is 10.1 Å². The van der Waals surface area contributed by atoms with Gasteiger partial charge in [0, 0.05) is 32.2 Å². The lowest BCUT2D eigenvalue weighted by molar-refractivity contribution is -0.387. The van der Waals surface area contributed by atoms with Crippen LogP contribution in [0.4, 0.5) is 21.5 Å². The lowest BCUT2D eigenvalue weighted by Gasteiger charge is -2.33. The molecule has 0 saturated carbocycles. The summed E-state index contributed by atoms with van der Waals surface area (Å²) in [5.74, 6) is -0.796. The maximum atomic E-state index is 14.5. The highest BCUT2D eigenvalue weighted by Crippen LogP contribution is 2.34. The highest BCUT2D eigenvalue weighted by atomic mass is 19.1. The van der Waals surface area contributed by atoms with Crippen LogP contribution in [0, 0.1) is 15.9 Å². The molecule has 0 fully saturated rings. The topological polar surface area (TPSA) is 49.6 Å². The van der Waals surface area contributed by atoms with Gasteiger partial charge in [0.05, 0.1) is 16.3 Å². The molecule has 0 heterocycles. The van der Waals surface area contributed by atoms with Crippen molar-refractivity contribution < 1.29 is 9.31 Å². The van der Waals surface area contributed by atoms with Crippen molar-refractivity contribution in [1.82, 2.24) is 0 Å². The first kappa shape index (κ1) is 49.3. The third-order valence-corrected chi connectivity index (χ3v) is 11.4. The predicted octanol–water partition coefficient (Wildman–Crippen LogP) is 16.5. The minimum atomic E-state index is -0.796. The van der Waals surface area contributed by atoms with Gasteiger partial charge in [-0.1, -0.05) is 200 Å². The summed E-state index contributed by atoms with van der Waals surface area (Å²) >= 11 is 0. The largest absolute Gasteiger partial charge is 0.370 e. The van der Waals surface area contributed by atoms with Gasteiger partial charge in [-0.05, 0) is 61.1 Å². The van der Waals surface area contributed by atoms with E-state index in [0.717, 1.165) is 31.7 Å². The average molecular weight is 778 g/mol. The minimum absolute atomic E-state index is 0.484. The summed E-state index contributed by atoms with van der Waals surface area (Å²) in [7, 11) is 0. The first-order valence-electron chi connectivity index (χ1n) is 23.7. The molecule has 0 aliphatic heterocycles. The van der Waals surface area contributed by atoms with Crippen molar-refractivity contribution in [2.75, 3.05) is 36.0 Å². The van der Waals surface area contributed by atoms with Crippen molar-refractivity contribution in [2.24, 2.45) is 0 Å². The van der Waals surface area contributed by atoms with Crippen LogP contribution < -0.4 is 9.80 Å². The van der Waals surface area contributed by atoms with Gasteiger partial charge in [-0.25, -0.2) is 0 Å². The molecule has 0 aromatic heterocycles. The molecule has 56 heavy (non-hydrogen) atoms. The van der Waals surface area contributed by atoms with Crippen LogP contribution in [0.25, 0.3) is 12.2 Å². The Kier molecular flexibility index (Phi) is 29.1. The van der Waals surface area contributed by atoms with E-state index in [4.69, 9.17) is 0 Å². The predicted molar refractivity (Wildman–Crippen MR) is 245 cm³/mol. The minimum Gasteiger partial charge on any atom is -0.370 e. The third kappa shape index (κ3) is 22.2. The van der Waals surface area contributed by atoms with Crippen molar-refractivity contribution in [3.05, 3.63) is 63.5 Å². The fourth-order valence-electron chi connectivity index (χ4n) is 7.88.